The summed E-state index contributed by atoms with van der Waals surface area (Å²) < 4.78 is 5.30. The van der Waals surface area contributed by atoms with Crippen molar-refractivity contribution in [3.8, 4) is 11.8 Å². The van der Waals surface area contributed by atoms with E-state index in [-0.39, 0.29) is 0 Å². The molecule has 0 aromatic heterocycles. The van der Waals surface area contributed by atoms with Crippen molar-refractivity contribution in [1.82, 2.24) is 5.32 Å². The molecule has 1 aromatic carbocycles. The largest absolute Gasteiger partial charge is 0.496 e. The van der Waals surface area contributed by atoms with E-state index in [4.69, 9.17) is 10.00 Å². The Morgan fingerprint density at radius 2 is 2.17 bits per heavy atom. The fraction of sp³-hybridized carbons (Fsp3) is 0.500. The van der Waals surface area contributed by atoms with E-state index < -0.39 is 5.54 Å². The lowest BCUT2D eigenvalue weighted by Gasteiger charge is -2.20. The summed E-state index contributed by atoms with van der Waals surface area (Å²) in [5.74, 6) is 1.90. The summed E-state index contributed by atoms with van der Waals surface area (Å²) in [5, 5.41) is 12.1. The Bertz CT molecular complexity index is 417. The van der Waals surface area contributed by atoms with Crippen molar-refractivity contribution < 1.29 is 4.74 Å². The van der Waals surface area contributed by atoms with Crippen molar-refractivity contribution in [2.45, 2.75) is 30.2 Å². The first kappa shape index (κ1) is 14.9. The van der Waals surface area contributed by atoms with Crippen LogP contribution < -0.4 is 10.1 Å². The maximum Gasteiger partial charge on any atom is 0.132 e. The quantitative estimate of drug-likeness (QED) is 0.607. The van der Waals surface area contributed by atoms with Crippen molar-refractivity contribution in [3.05, 3.63) is 24.3 Å². The zero-order chi connectivity index (χ0) is 13.4. The van der Waals surface area contributed by atoms with Crippen LogP contribution in [0.5, 0.6) is 5.75 Å². The number of nitriles is 1. The predicted octanol–water partition coefficient (Wildman–Crippen LogP) is 3.07. The maximum atomic E-state index is 9.04. The van der Waals surface area contributed by atoms with Crippen LogP contribution >= 0.6 is 11.8 Å². The number of hydrogen-bond donors (Lipinski definition) is 1. The molecule has 0 bridgehead atoms. The number of ether oxygens (including phenoxy) is 1. The summed E-state index contributed by atoms with van der Waals surface area (Å²) in [6.07, 6.45) is 1.84. The summed E-state index contributed by atoms with van der Waals surface area (Å²) in [6.45, 7) is 1.93. The van der Waals surface area contributed by atoms with Crippen LogP contribution in [0.15, 0.2) is 29.2 Å². The van der Waals surface area contributed by atoms with Gasteiger partial charge in [-0.15, -0.1) is 11.8 Å². The minimum atomic E-state index is -0.415. The summed E-state index contributed by atoms with van der Waals surface area (Å²) in [4.78, 5) is 1.16. The van der Waals surface area contributed by atoms with Crippen LogP contribution in [0.4, 0.5) is 0 Å². The van der Waals surface area contributed by atoms with Crippen LogP contribution in [0.25, 0.3) is 0 Å². The van der Waals surface area contributed by atoms with Crippen molar-refractivity contribution in [3.63, 3.8) is 0 Å². The highest BCUT2D eigenvalue weighted by atomic mass is 32.2. The number of thioether (sulfide) groups is 1. The zero-order valence-corrected chi connectivity index (χ0v) is 12.0. The van der Waals surface area contributed by atoms with Crippen LogP contribution in [0.3, 0.4) is 0 Å². The van der Waals surface area contributed by atoms with Crippen molar-refractivity contribution in [2.24, 2.45) is 0 Å². The van der Waals surface area contributed by atoms with Gasteiger partial charge in [-0.1, -0.05) is 12.1 Å². The first-order valence-electron chi connectivity index (χ1n) is 6.01. The monoisotopic (exact) mass is 264 g/mol. The number of rotatable bonds is 7. The molecule has 18 heavy (non-hydrogen) atoms. The SMILES string of the molecule is CNC(C)(C#N)CCCSc1ccccc1OC. The van der Waals surface area contributed by atoms with E-state index in [1.54, 1.807) is 18.9 Å². The summed E-state index contributed by atoms with van der Waals surface area (Å²) in [5.41, 5.74) is -0.415. The molecule has 0 aliphatic rings. The Balaban J connectivity index is 2.41. The maximum absolute atomic E-state index is 9.04. The fourth-order valence-corrected chi connectivity index (χ4v) is 2.56. The second kappa shape index (κ2) is 7.30. The van der Waals surface area contributed by atoms with Gasteiger partial charge in [0, 0.05) is 4.90 Å². The molecule has 3 nitrogen and oxygen atoms in total. The van der Waals surface area contributed by atoms with Gasteiger partial charge in [0.25, 0.3) is 0 Å². The summed E-state index contributed by atoms with van der Waals surface area (Å²) in [6, 6.07) is 10.3. The molecule has 0 radical (unpaired) electrons. The van der Waals surface area contributed by atoms with E-state index in [1.807, 2.05) is 32.2 Å². The molecule has 1 unspecified atom stereocenters. The molecule has 0 spiro atoms. The van der Waals surface area contributed by atoms with Crippen LogP contribution in [-0.2, 0) is 0 Å². The smallest absolute Gasteiger partial charge is 0.132 e. The lowest BCUT2D eigenvalue weighted by Crippen LogP contribution is -2.37. The first-order chi connectivity index (χ1) is 8.65. The molecule has 1 atom stereocenters. The molecule has 98 valence electrons. The standard InChI is InChI=1S/C14H20N2OS/c1-14(11-15,16-2)9-6-10-18-13-8-5-4-7-12(13)17-3/h4-5,7-8,16H,6,9-10H2,1-3H3. The van der Waals surface area contributed by atoms with Gasteiger partial charge in [-0.3, -0.25) is 0 Å². The van der Waals surface area contributed by atoms with Crippen LogP contribution in [0.2, 0.25) is 0 Å². The van der Waals surface area contributed by atoms with Gasteiger partial charge >= 0.3 is 0 Å². The number of methoxy groups -OCH3 is 1. The van der Waals surface area contributed by atoms with Gasteiger partial charge in [-0.25, -0.2) is 0 Å². The van der Waals surface area contributed by atoms with Gasteiger partial charge in [-0.2, -0.15) is 5.26 Å². The summed E-state index contributed by atoms with van der Waals surface area (Å²) >= 11 is 1.77. The van der Waals surface area contributed by atoms with Gasteiger partial charge < -0.3 is 10.1 Å². The van der Waals surface area contributed by atoms with E-state index in [1.165, 1.54) is 0 Å². The zero-order valence-electron chi connectivity index (χ0n) is 11.2. The molecule has 0 saturated heterocycles. The van der Waals surface area contributed by atoms with E-state index in [0.717, 1.165) is 29.2 Å². The molecule has 4 heteroatoms. The molecule has 0 heterocycles. The molecular formula is C14H20N2OS. The van der Waals surface area contributed by atoms with Gasteiger partial charge in [0.2, 0.25) is 0 Å². The number of benzene rings is 1. The number of nitrogens with one attached hydrogen (secondary N) is 1. The van der Waals surface area contributed by atoms with Crippen molar-refractivity contribution in [1.29, 1.82) is 5.26 Å². The highest BCUT2D eigenvalue weighted by Gasteiger charge is 2.19. The molecular weight excluding hydrogens is 244 g/mol. The molecule has 0 aliphatic heterocycles. The van der Waals surface area contributed by atoms with Crippen LogP contribution in [-0.4, -0.2) is 25.4 Å². The van der Waals surface area contributed by atoms with Crippen LogP contribution in [0.1, 0.15) is 19.8 Å². The molecule has 0 amide bonds. The lowest BCUT2D eigenvalue weighted by molar-refractivity contribution is 0.405. The third kappa shape index (κ3) is 4.25. The molecule has 0 aliphatic carbocycles. The molecule has 0 fully saturated rings. The Labute approximate surface area is 114 Å². The molecule has 1 aromatic rings. The second-order valence-electron chi connectivity index (χ2n) is 4.30. The van der Waals surface area contributed by atoms with Crippen LogP contribution in [0, 0.1) is 11.3 Å². The van der Waals surface area contributed by atoms with Gasteiger partial charge in [-0.05, 0) is 44.7 Å². The second-order valence-corrected chi connectivity index (χ2v) is 5.43. The highest BCUT2D eigenvalue weighted by molar-refractivity contribution is 7.99. The lowest BCUT2D eigenvalue weighted by atomic mass is 9.99. The Morgan fingerprint density at radius 3 is 2.78 bits per heavy atom. The number of nitrogens with zero attached hydrogens (tertiary/aromatic N) is 1. The Kier molecular flexibility index (Phi) is 6.03. The highest BCUT2D eigenvalue weighted by Crippen LogP contribution is 2.29. The topological polar surface area (TPSA) is 45.0 Å². The molecule has 1 rings (SSSR count). The van der Waals surface area contributed by atoms with E-state index in [2.05, 4.69) is 17.5 Å². The third-order valence-electron chi connectivity index (χ3n) is 2.95. The molecule has 1 N–H and O–H groups in total. The fourth-order valence-electron chi connectivity index (χ4n) is 1.58. The van der Waals surface area contributed by atoms with E-state index >= 15 is 0 Å². The minimum absolute atomic E-state index is 0.415. The normalized spacial score (nSPS) is 13.7. The number of hydrogen-bond acceptors (Lipinski definition) is 4. The third-order valence-corrected chi connectivity index (χ3v) is 4.09. The van der Waals surface area contributed by atoms with E-state index in [0.29, 0.717) is 0 Å². The van der Waals surface area contributed by atoms with Gasteiger partial charge in [0.1, 0.15) is 11.3 Å². The summed E-state index contributed by atoms with van der Waals surface area (Å²) in [7, 11) is 3.52. The van der Waals surface area contributed by atoms with Crippen molar-refractivity contribution in [2.75, 3.05) is 19.9 Å². The van der Waals surface area contributed by atoms with Gasteiger partial charge in [0.15, 0.2) is 0 Å². The van der Waals surface area contributed by atoms with Gasteiger partial charge in [0.05, 0.1) is 13.2 Å². The average molecular weight is 264 g/mol. The van der Waals surface area contributed by atoms with E-state index in [9.17, 15) is 0 Å². The first-order valence-corrected chi connectivity index (χ1v) is 7.00. The number of para-hydroxylation sites is 1. The molecule has 0 saturated carbocycles. The van der Waals surface area contributed by atoms with Crippen molar-refractivity contribution >= 4 is 11.8 Å². The average Bonchev–Trinajstić information content (AvgIpc) is 2.43. The minimum Gasteiger partial charge on any atom is -0.496 e. The Morgan fingerprint density at radius 1 is 1.44 bits per heavy atom. The Hall–Kier alpha value is -1.18. The predicted molar refractivity (Wildman–Crippen MR) is 76.0 cm³/mol.